The van der Waals surface area contributed by atoms with E-state index in [0.717, 1.165) is 66.5 Å². The number of aromatic nitrogens is 4. The Morgan fingerprint density at radius 2 is 0.965 bits per heavy atom. The van der Waals surface area contributed by atoms with Crippen LogP contribution in [0.15, 0.2) is 192 Å². The van der Waals surface area contributed by atoms with E-state index in [9.17, 15) is 0 Å². The molecular weight excluding hydrogens is 697 g/mol. The zero-order valence-corrected chi connectivity index (χ0v) is 31.1. The number of nitrogens with zero attached hydrogens (tertiary/aromatic N) is 4. The van der Waals surface area contributed by atoms with Crippen molar-refractivity contribution in [2.75, 3.05) is 0 Å². The summed E-state index contributed by atoms with van der Waals surface area (Å²) in [5, 5.41) is 4.52. The molecule has 0 saturated heterocycles. The molecule has 0 atom stereocenters. The third kappa shape index (κ3) is 5.51. The van der Waals surface area contributed by atoms with Gasteiger partial charge in [-0.25, -0.2) is 15.0 Å². The molecule has 11 rings (SSSR count). The maximum Gasteiger partial charge on any atom is 0.166 e. The molecule has 3 heterocycles. The number of fused-ring (bicyclic) bond motifs is 6. The van der Waals surface area contributed by atoms with Gasteiger partial charge in [-0.05, 0) is 77.2 Å². The summed E-state index contributed by atoms with van der Waals surface area (Å²) in [6.45, 7) is 2.17. The van der Waals surface area contributed by atoms with E-state index in [4.69, 9.17) is 19.4 Å². The summed E-state index contributed by atoms with van der Waals surface area (Å²) in [5.74, 6) is 1.82. The van der Waals surface area contributed by atoms with Gasteiger partial charge in [0.15, 0.2) is 17.5 Å². The monoisotopic (exact) mass is 730 g/mol. The summed E-state index contributed by atoms with van der Waals surface area (Å²) in [5.41, 5.74) is 13.4. The van der Waals surface area contributed by atoms with Crippen molar-refractivity contribution in [2.24, 2.45) is 0 Å². The number of aryl methyl sites for hydroxylation is 1. The molecule has 0 aliphatic carbocycles. The van der Waals surface area contributed by atoms with Crippen LogP contribution in [0.1, 0.15) is 5.56 Å². The molecule has 5 nitrogen and oxygen atoms in total. The first kappa shape index (κ1) is 32.8. The fourth-order valence-corrected chi connectivity index (χ4v) is 8.32. The summed E-state index contributed by atoms with van der Waals surface area (Å²) in [7, 11) is 0. The first-order valence-electron chi connectivity index (χ1n) is 19.2. The van der Waals surface area contributed by atoms with Crippen molar-refractivity contribution in [1.82, 2.24) is 19.5 Å². The number of rotatable bonds is 6. The highest BCUT2D eigenvalue weighted by atomic mass is 16.3. The Hall–Kier alpha value is -7.63. The summed E-state index contributed by atoms with van der Waals surface area (Å²) >= 11 is 0. The van der Waals surface area contributed by atoms with Crippen molar-refractivity contribution in [3.63, 3.8) is 0 Å². The lowest BCUT2D eigenvalue weighted by molar-refractivity contribution is 0.669. The number of benzene rings is 8. The van der Waals surface area contributed by atoms with Gasteiger partial charge in [-0.1, -0.05) is 146 Å². The Morgan fingerprint density at radius 1 is 0.386 bits per heavy atom. The Bertz CT molecular complexity index is 3250. The van der Waals surface area contributed by atoms with E-state index >= 15 is 0 Å². The van der Waals surface area contributed by atoms with Gasteiger partial charge < -0.3 is 8.98 Å². The molecule has 0 amide bonds. The Labute approximate surface area is 329 Å². The summed E-state index contributed by atoms with van der Waals surface area (Å²) in [4.78, 5) is 15.6. The Balaban J connectivity index is 1.22. The number of furan rings is 1. The molecule has 0 saturated carbocycles. The molecule has 268 valence electrons. The van der Waals surface area contributed by atoms with Crippen LogP contribution in [0.25, 0.3) is 106 Å². The fourth-order valence-electron chi connectivity index (χ4n) is 8.32. The van der Waals surface area contributed by atoms with E-state index < -0.39 is 0 Å². The van der Waals surface area contributed by atoms with E-state index in [0.29, 0.717) is 17.5 Å². The molecule has 5 heteroatoms. The Kier molecular flexibility index (Phi) is 7.64. The zero-order valence-electron chi connectivity index (χ0n) is 31.1. The van der Waals surface area contributed by atoms with E-state index in [2.05, 4.69) is 145 Å². The van der Waals surface area contributed by atoms with Crippen LogP contribution in [-0.2, 0) is 0 Å². The molecule has 0 unspecified atom stereocenters. The largest absolute Gasteiger partial charge is 0.456 e. The predicted octanol–water partition coefficient (Wildman–Crippen LogP) is 13.5. The number of hydrogen-bond donors (Lipinski definition) is 0. The average Bonchev–Trinajstić information content (AvgIpc) is 3.82. The maximum atomic E-state index is 6.35. The fraction of sp³-hybridized carbons (Fsp3) is 0.0192. The molecule has 11 aromatic rings. The van der Waals surface area contributed by atoms with Gasteiger partial charge in [0, 0.05) is 38.2 Å². The molecule has 3 aromatic heterocycles. The SMILES string of the molecule is Cc1ccccc1-c1ccc2c(c1)c1ccccc1n2-c1ccc(-c2cccc3oc4ccccc4c23)cc1-c1nc(-c2ccccc2)nc(-c2ccccc2)n1. The molecular formula is C52H34N4O. The van der Waals surface area contributed by atoms with Crippen LogP contribution >= 0.6 is 0 Å². The average molecular weight is 731 g/mol. The molecule has 0 spiro atoms. The van der Waals surface area contributed by atoms with Gasteiger partial charge in [-0.3, -0.25) is 0 Å². The molecule has 8 aromatic carbocycles. The lowest BCUT2D eigenvalue weighted by atomic mass is 9.96. The quantitative estimate of drug-likeness (QED) is 0.171. The molecule has 0 aliphatic rings. The van der Waals surface area contributed by atoms with Crippen molar-refractivity contribution in [3.05, 3.63) is 194 Å². The molecule has 57 heavy (non-hydrogen) atoms. The van der Waals surface area contributed by atoms with Crippen molar-refractivity contribution < 1.29 is 4.42 Å². The molecule has 0 fully saturated rings. The standard InChI is InChI=1S/C52H34N4O/c1-33-15-8-9-20-38(33)36-27-29-45-42(31-36)40-21-10-12-24-44(40)56(45)46-30-28-37(39-23-14-26-48-49(39)41-22-11-13-25-47(41)57-48)32-43(46)52-54-50(34-16-4-2-5-17-34)53-51(55-52)35-18-6-3-7-19-35/h2-32H,1H3. The summed E-state index contributed by atoms with van der Waals surface area (Å²) in [6.07, 6.45) is 0. The van der Waals surface area contributed by atoms with Crippen molar-refractivity contribution >= 4 is 43.7 Å². The molecule has 0 radical (unpaired) electrons. The van der Waals surface area contributed by atoms with Crippen LogP contribution in [-0.4, -0.2) is 19.5 Å². The van der Waals surface area contributed by atoms with Gasteiger partial charge >= 0.3 is 0 Å². The lowest BCUT2D eigenvalue weighted by Gasteiger charge is -2.17. The van der Waals surface area contributed by atoms with Gasteiger partial charge in [-0.15, -0.1) is 0 Å². The Morgan fingerprint density at radius 3 is 1.74 bits per heavy atom. The van der Waals surface area contributed by atoms with Crippen LogP contribution in [0.4, 0.5) is 0 Å². The van der Waals surface area contributed by atoms with Gasteiger partial charge in [0.05, 0.1) is 16.7 Å². The third-order valence-corrected chi connectivity index (χ3v) is 11.0. The van der Waals surface area contributed by atoms with Crippen LogP contribution in [0.3, 0.4) is 0 Å². The summed E-state index contributed by atoms with van der Waals surface area (Å²) in [6, 6.07) is 65.6. The normalized spacial score (nSPS) is 11.6. The minimum absolute atomic E-state index is 0.589. The molecule has 0 aliphatic heterocycles. The van der Waals surface area contributed by atoms with Crippen molar-refractivity contribution in [1.29, 1.82) is 0 Å². The lowest BCUT2D eigenvalue weighted by Crippen LogP contribution is -2.04. The van der Waals surface area contributed by atoms with Crippen LogP contribution < -0.4 is 0 Å². The minimum atomic E-state index is 0.589. The van der Waals surface area contributed by atoms with Crippen LogP contribution in [0.5, 0.6) is 0 Å². The second-order valence-electron chi connectivity index (χ2n) is 14.4. The van der Waals surface area contributed by atoms with E-state index in [-0.39, 0.29) is 0 Å². The predicted molar refractivity (Wildman–Crippen MR) is 233 cm³/mol. The topological polar surface area (TPSA) is 56.7 Å². The second-order valence-corrected chi connectivity index (χ2v) is 14.4. The first-order valence-corrected chi connectivity index (χ1v) is 19.2. The van der Waals surface area contributed by atoms with Crippen molar-refractivity contribution in [2.45, 2.75) is 6.92 Å². The highest BCUT2D eigenvalue weighted by molar-refractivity contribution is 6.13. The van der Waals surface area contributed by atoms with Gasteiger partial charge in [-0.2, -0.15) is 0 Å². The zero-order chi connectivity index (χ0) is 37.9. The highest BCUT2D eigenvalue weighted by Gasteiger charge is 2.22. The number of para-hydroxylation sites is 2. The minimum Gasteiger partial charge on any atom is -0.456 e. The smallest absolute Gasteiger partial charge is 0.166 e. The number of hydrogen-bond acceptors (Lipinski definition) is 4. The third-order valence-electron chi connectivity index (χ3n) is 11.0. The van der Waals surface area contributed by atoms with Gasteiger partial charge in [0.2, 0.25) is 0 Å². The van der Waals surface area contributed by atoms with Crippen LogP contribution in [0.2, 0.25) is 0 Å². The first-order chi connectivity index (χ1) is 28.2. The van der Waals surface area contributed by atoms with E-state index in [1.807, 2.05) is 54.6 Å². The van der Waals surface area contributed by atoms with Crippen molar-refractivity contribution in [3.8, 4) is 62.1 Å². The van der Waals surface area contributed by atoms with E-state index in [1.165, 1.54) is 27.5 Å². The van der Waals surface area contributed by atoms with E-state index in [1.54, 1.807) is 0 Å². The maximum absolute atomic E-state index is 6.35. The highest BCUT2D eigenvalue weighted by Crippen LogP contribution is 2.42. The van der Waals surface area contributed by atoms with Gasteiger partial charge in [0.25, 0.3) is 0 Å². The molecule has 0 bridgehead atoms. The van der Waals surface area contributed by atoms with Gasteiger partial charge in [0.1, 0.15) is 11.2 Å². The second kappa shape index (κ2) is 13.3. The molecule has 0 N–H and O–H groups in total. The summed E-state index contributed by atoms with van der Waals surface area (Å²) < 4.78 is 8.72. The van der Waals surface area contributed by atoms with Crippen LogP contribution in [0, 0.1) is 6.92 Å².